The van der Waals surface area contributed by atoms with Crippen LogP contribution in [0.15, 0.2) is 48.6 Å². The van der Waals surface area contributed by atoms with Crippen LogP contribution in [-0.2, 0) is 11.8 Å². The first-order valence-corrected chi connectivity index (χ1v) is 12.8. The number of hydrogen-bond acceptors (Lipinski definition) is 0. The zero-order valence-electron chi connectivity index (χ0n) is 24.4. The molecule has 0 N–H and O–H groups in total. The van der Waals surface area contributed by atoms with Gasteiger partial charge in [0.05, 0.1) is 0 Å². The van der Waals surface area contributed by atoms with E-state index < -0.39 is 0 Å². The van der Waals surface area contributed by atoms with Gasteiger partial charge in [-0.2, -0.15) is 0 Å². The van der Waals surface area contributed by atoms with Crippen LogP contribution in [0.4, 0.5) is 0 Å². The van der Waals surface area contributed by atoms with Crippen molar-refractivity contribution in [1.82, 2.24) is 0 Å². The number of terminal acetylenes is 1. The Morgan fingerprint density at radius 3 is 1.85 bits per heavy atom. The third-order valence-corrected chi connectivity index (χ3v) is 5.84. The fourth-order valence-corrected chi connectivity index (χ4v) is 3.84. The van der Waals surface area contributed by atoms with E-state index in [1.807, 2.05) is 13.8 Å². The molecule has 34 heavy (non-hydrogen) atoms. The van der Waals surface area contributed by atoms with Gasteiger partial charge in [-0.25, -0.2) is 0 Å². The monoisotopic (exact) mass is 460 g/mol. The molecule has 2 rings (SSSR count). The number of benzene rings is 2. The molecular weight excluding hydrogens is 408 g/mol. The van der Waals surface area contributed by atoms with Crippen molar-refractivity contribution in [3.05, 3.63) is 81.9 Å². The fourth-order valence-electron chi connectivity index (χ4n) is 3.84. The maximum atomic E-state index is 4.00. The average Bonchev–Trinajstić information content (AvgIpc) is 2.81. The molecule has 2 aromatic rings. The second kappa shape index (κ2) is 17.0. The molecule has 0 atom stereocenters. The number of hydrogen-bond donors (Lipinski definition) is 0. The van der Waals surface area contributed by atoms with Crippen LogP contribution < -0.4 is 0 Å². The summed E-state index contributed by atoms with van der Waals surface area (Å²) in [7, 11) is 0. The van der Waals surface area contributed by atoms with Crippen molar-refractivity contribution in [3.8, 4) is 12.8 Å². The SMILES string of the molecule is C#C.C=C(C)c1ccc(/C(C)=C(\C)CCC)c(C)c1.CC.CCc1ccc(C)cc1C(C)(C)C. The molecule has 0 heterocycles. The highest BCUT2D eigenvalue weighted by molar-refractivity contribution is 5.72. The molecule has 0 aliphatic rings. The summed E-state index contributed by atoms with van der Waals surface area (Å²) in [5, 5.41) is 0. The van der Waals surface area contributed by atoms with Gasteiger partial charge < -0.3 is 0 Å². The Morgan fingerprint density at radius 2 is 1.44 bits per heavy atom. The molecule has 0 aromatic heterocycles. The summed E-state index contributed by atoms with van der Waals surface area (Å²) in [6, 6.07) is 13.4. The van der Waals surface area contributed by atoms with Crippen molar-refractivity contribution in [2.45, 2.75) is 108 Å². The Morgan fingerprint density at radius 1 is 0.882 bits per heavy atom. The van der Waals surface area contributed by atoms with E-state index in [9.17, 15) is 0 Å². The zero-order chi connectivity index (χ0) is 27.1. The van der Waals surface area contributed by atoms with Crippen LogP contribution >= 0.6 is 0 Å². The van der Waals surface area contributed by atoms with E-state index in [0.29, 0.717) is 0 Å². The third-order valence-electron chi connectivity index (χ3n) is 5.84. The van der Waals surface area contributed by atoms with E-state index >= 15 is 0 Å². The predicted octanol–water partition coefficient (Wildman–Crippen LogP) is 10.8. The largest absolute Gasteiger partial charge is 0.124 e. The molecule has 0 aliphatic heterocycles. The number of allylic oxidation sites excluding steroid dienone is 3. The minimum Gasteiger partial charge on any atom is -0.124 e. The zero-order valence-corrected chi connectivity index (χ0v) is 24.4. The van der Waals surface area contributed by atoms with E-state index in [4.69, 9.17) is 0 Å². The van der Waals surface area contributed by atoms with Gasteiger partial charge >= 0.3 is 0 Å². The van der Waals surface area contributed by atoms with Gasteiger partial charge in [0.15, 0.2) is 0 Å². The summed E-state index contributed by atoms with van der Waals surface area (Å²) in [6.45, 7) is 30.2. The topological polar surface area (TPSA) is 0 Å². The van der Waals surface area contributed by atoms with E-state index in [2.05, 4.69) is 125 Å². The second-order valence-corrected chi connectivity index (χ2v) is 9.73. The van der Waals surface area contributed by atoms with Crippen molar-refractivity contribution in [2.75, 3.05) is 0 Å². The summed E-state index contributed by atoms with van der Waals surface area (Å²) in [5.74, 6) is 0. The van der Waals surface area contributed by atoms with Gasteiger partial charge in [-0.15, -0.1) is 12.8 Å². The summed E-state index contributed by atoms with van der Waals surface area (Å²) in [6.07, 6.45) is 11.5. The van der Waals surface area contributed by atoms with Crippen LogP contribution in [0, 0.1) is 26.7 Å². The van der Waals surface area contributed by atoms with Gasteiger partial charge in [-0.05, 0) is 86.3 Å². The van der Waals surface area contributed by atoms with Crippen molar-refractivity contribution < 1.29 is 0 Å². The first kappa shape index (κ1) is 33.7. The lowest BCUT2D eigenvalue weighted by Crippen LogP contribution is -2.14. The molecular formula is C34H52. The molecule has 0 nitrogen and oxygen atoms in total. The molecule has 0 saturated carbocycles. The van der Waals surface area contributed by atoms with E-state index in [1.54, 1.807) is 0 Å². The number of aryl methyl sites for hydroxylation is 3. The molecule has 0 spiro atoms. The van der Waals surface area contributed by atoms with Crippen LogP contribution in [-0.4, -0.2) is 0 Å². The Bertz CT molecular complexity index is 926. The van der Waals surface area contributed by atoms with Crippen LogP contribution in [0.1, 0.15) is 115 Å². The number of rotatable bonds is 5. The molecule has 0 unspecified atom stereocenters. The minimum atomic E-state index is 0.275. The summed E-state index contributed by atoms with van der Waals surface area (Å²) in [5.41, 5.74) is 12.6. The fraction of sp³-hybridized carbons (Fsp3) is 0.471. The highest BCUT2D eigenvalue weighted by atomic mass is 14.2. The Balaban J connectivity index is 0. The Kier molecular flexibility index (Phi) is 16.8. The molecule has 0 saturated heterocycles. The van der Waals surface area contributed by atoms with Gasteiger partial charge in [0, 0.05) is 0 Å². The molecule has 2 aromatic carbocycles. The van der Waals surface area contributed by atoms with Crippen molar-refractivity contribution in [3.63, 3.8) is 0 Å². The lowest BCUT2D eigenvalue weighted by molar-refractivity contribution is 0.582. The lowest BCUT2D eigenvalue weighted by atomic mass is 9.82. The van der Waals surface area contributed by atoms with E-state index in [1.165, 1.54) is 57.4 Å². The summed E-state index contributed by atoms with van der Waals surface area (Å²) < 4.78 is 0. The maximum Gasteiger partial charge on any atom is -0.0129 e. The quantitative estimate of drug-likeness (QED) is 0.389. The molecule has 0 fully saturated rings. The first-order chi connectivity index (χ1) is 15.9. The highest BCUT2D eigenvalue weighted by Crippen LogP contribution is 2.27. The lowest BCUT2D eigenvalue weighted by Gasteiger charge is -2.23. The Labute approximate surface area is 213 Å². The van der Waals surface area contributed by atoms with Gasteiger partial charge in [-0.1, -0.05) is 115 Å². The normalized spacial score (nSPS) is 10.9. The second-order valence-electron chi connectivity index (χ2n) is 9.73. The van der Waals surface area contributed by atoms with E-state index in [-0.39, 0.29) is 5.41 Å². The van der Waals surface area contributed by atoms with Gasteiger partial charge in [-0.3, -0.25) is 0 Å². The standard InChI is InChI=1S/C17H24.C13H20.C2H6.C2H2/c1-7-8-13(4)15(6)17-10-9-16(12(2)3)11-14(17)5;1-6-11-8-7-10(2)9-12(11)13(3,4)5;2*1-2/h9-11H,2,7-8H2,1,3-6H3;7-9H,6H2,1-5H3;1-2H3;1-2H/b15-13+;;;. The van der Waals surface area contributed by atoms with Crippen molar-refractivity contribution >= 4 is 11.1 Å². The van der Waals surface area contributed by atoms with Crippen LogP contribution in [0.3, 0.4) is 0 Å². The molecule has 0 heteroatoms. The molecule has 0 radical (unpaired) electrons. The molecule has 0 aliphatic carbocycles. The van der Waals surface area contributed by atoms with Gasteiger partial charge in [0.25, 0.3) is 0 Å². The van der Waals surface area contributed by atoms with E-state index in [0.717, 1.165) is 12.0 Å². The molecule has 0 bridgehead atoms. The minimum absolute atomic E-state index is 0.275. The van der Waals surface area contributed by atoms with Crippen LogP contribution in [0.5, 0.6) is 0 Å². The third kappa shape index (κ3) is 11.1. The molecule has 188 valence electrons. The van der Waals surface area contributed by atoms with Crippen molar-refractivity contribution in [1.29, 1.82) is 0 Å². The Hall–Kier alpha value is -2.52. The predicted molar refractivity (Wildman–Crippen MR) is 160 cm³/mol. The van der Waals surface area contributed by atoms with Crippen LogP contribution in [0.25, 0.3) is 11.1 Å². The van der Waals surface area contributed by atoms with Gasteiger partial charge in [0.2, 0.25) is 0 Å². The summed E-state index contributed by atoms with van der Waals surface area (Å²) in [4.78, 5) is 0. The van der Waals surface area contributed by atoms with Crippen molar-refractivity contribution in [2.24, 2.45) is 0 Å². The summed E-state index contributed by atoms with van der Waals surface area (Å²) >= 11 is 0. The first-order valence-electron chi connectivity index (χ1n) is 12.8. The van der Waals surface area contributed by atoms with Crippen LogP contribution in [0.2, 0.25) is 0 Å². The average molecular weight is 461 g/mol. The molecule has 0 amide bonds. The van der Waals surface area contributed by atoms with Gasteiger partial charge in [0.1, 0.15) is 0 Å². The highest BCUT2D eigenvalue weighted by Gasteiger charge is 2.16. The smallest absolute Gasteiger partial charge is 0.0129 e. The maximum absolute atomic E-state index is 4.00.